The highest BCUT2D eigenvalue weighted by atomic mass is 32.1. The molecule has 2 nitrogen and oxygen atoms in total. The van der Waals surface area contributed by atoms with Crippen LogP contribution in [0.2, 0.25) is 0 Å². The number of hydrogen-bond donors (Lipinski definition) is 1. The molecule has 0 aliphatic heterocycles. The van der Waals surface area contributed by atoms with Crippen LogP contribution in [0.15, 0.2) is 6.07 Å². The van der Waals surface area contributed by atoms with E-state index in [0.717, 1.165) is 30.6 Å². The van der Waals surface area contributed by atoms with Gasteiger partial charge in [0, 0.05) is 10.9 Å². The Morgan fingerprint density at radius 2 is 2.33 bits per heavy atom. The lowest BCUT2D eigenvalue weighted by Crippen LogP contribution is -2.24. The lowest BCUT2D eigenvalue weighted by atomic mass is 10.1. The Balaban J connectivity index is 2.06. The maximum atomic E-state index is 11.8. The average Bonchev–Trinajstić information content (AvgIpc) is 2.92. The summed E-state index contributed by atoms with van der Waals surface area (Å²) in [5.74, 6) is 0.118. The maximum absolute atomic E-state index is 11.8. The summed E-state index contributed by atoms with van der Waals surface area (Å²) in [6, 6.07) is 2.51. The van der Waals surface area contributed by atoms with Crippen molar-refractivity contribution in [2.45, 2.75) is 45.6 Å². The Morgan fingerprint density at radius 1 is 1.60 bits per heavy atom. The van der Waals surface area contributed by atoms with Gasteiger partial charge in [0.1, 0.15) is 0 Å². The van der Waals surface area contributed by atoms with Crippen molar-refractivity contribution in [3.05, 3.63) is 21.4 Å². The third-order valence-electron chi connectivity index (χ3n) is 2.68. The molecule has 1 saturated carbocycles. The SMILES string of the molecule is CCCc1cc(C(=O)NC2CC2)sc1C. The summed E-state index contributed by atoms with van der Waals surface area (Å²) >= 11 is 1.62. The quantitative estimate of drug-likeness (QED) is 0.835. The van der Waals surface area contributed by atoms with Crippen molar-refractivity contribution < 1.29 is 4.79 Å². The average molecular weight is 223 g/mol. The topological polar surface area (TPSA) is 29.1 Å². The number of hydrogen-bond acceptors (Lipinski definition) is 2. The molecule has 15 heavy (non-hydrogen) atoms. The Hall–Kier alpha value is -0.830. The van der Waals surface area contributed by atoms with Crippen LogP contribution in [0.3, 0.4) is 0 Å². The van der Waals surface area contributed by atoms with Crippen molar-refractivity contribution in [1.29, 1.82) is 0 Å². The molecule has 1 N–H and O–H groups in total. The monoisotopic (exact) mass is 223 g/mol. The minimum atomic E-state index is 0.118. The summed E-state index contributed by atoms with van der Waals surface area (Å²) in [6.07, 6.45) is 4.52. The first-order valence-corrected chi connectivity index (χ1v) is 6.42. The van der Waals surface area contributed by atoms with E-state index in [-0.39, 0.29) is 5.91 Å². The Bertz CT molecular complexity index is 366. The van der Waals surface area contributed by atoms with Gasteiger partial charge in [-0.25, -0.2) is 0 Å². The molecule has 0 unspecified atom stereocenters. The molecule has 1 aliphatic carbocycles. The van der Waals surface area contributed by atoms with Crippen LogP contribution < -0.4 is 5.32 Å². The van der Waals surface area contributed by atoms with E-state index in [0.29, 0.717) is 6.04 Å². The molecule has 0 bridgehead atoms. The lowest BCUT2D eigenvalue weighted by molar-refractivity contribution is 0.0955. The van der Waals surface area contributed by atoms with E-state index >= 15 is 0 Å². The Morgan fingerprint density at radius 3 is 2.93 bits per heavy atom. The summed E-state index contributed by atoms with van der Waals surface area (Å²) in [5.41, 5.74) is 1.34. The third-order valence-corrected chi connectivity index (χ3v) is 3.77. The zero-order valence-corrected chi connectivity index (χ0v) is 10.1. The largest absolute Gasteiger partial charge is 0.349 e. The molecule has 0 radical (unpaired) electrons. The van der Waals surface area contributed by atoms with Gasteiger partial charge in [-0.05, 0) is 37.8 Å². The van der Waals surface area contributed by atoms with Crippen molar-refractivity contribution >= 4 is 17.2 Å². The minimum absolute atomic E-state index is 0.118. The first-order chi connectivity index (χ1) is 7.20. The molecule has 82 valence electrons. The molecule has 1 aromatic heterocycles. The number of amides is 1. The first kappa shape index (κ1) is 10.7. The van der Waals surface area contributed by atoms with Crippen LogP contribution in [0, 0.1) is 6.92 Å². The van der Waals surface area contributed by atoms with E-state index in [1.165, 1.54) is 10.4 Å². The van der Waals surface area contributed by atoms with Crippen LogP contribution in [0.1, 0.15) is 46.3 Å². The molecular formula is C12H17NOS. The molecule has 0 saturated heterocycles. The molecule has 0 aromatic carbocycles. The fourth-order valence-electron chi connectivity index (χ4n) is 1.63. The molecular weight excluding hydrogens is 206 g/mol. The van der Waals surface area contributed by atoms with Crippen LogP contribution in [0.25, 0.3) is 0 Å². The number of rotatable bonds is 4. The van der Waals surface area contributed by atoms with Crippen molar-refractivity contribution in [2.75, 3.05) is 0 Å². The maximum Gasteiger partial charge on any atom is 0.261 e. The van der Waals surface area contributed by atoms with Crippen LogP contribution >= 0.6 is 11.3 Å². The van der Waals surface area contributed by atoms with Gasteiger partial charge in [0.25, 0.3) is 5.91 Å². The number of carbonyl (C=O) groups is 1. The van der Waals surface area contributed by atoms with Gasteiger partial charge in [-0.2, -0.15) is 0 Å². The number of carbonyl (C=O) groups excluding carboxylic acids is 1. The van der Waals surface area contributed by atoms with Gasteiger partial charge in [0.15, 0.2) is 0 Å². The lowest BCUT2D eigenvalue weighted by Gasteiger charge is -1.98. The van der Waals surface area contributed by atoms with Crippen LogP contribution in [0.5, 0.6) is 0 Å². The van der Waals surface area contributed by atoms with E-state index in [1.807, 2.05) is 0 Å². The smallest absolute Gasteiger partial charge is 0.261 e. The van der Waals surface area contributed by atoms with Gasteiger partial charge in [0.05, 0.1) is 4.88 Å². The zero-order chi connectivity index (χ0) is 10.8. The fourth-order valence-corrected chi connectivity index (χ4v) is 2.61. The molecule has 0 spiro atoms. The molecule has 1 heterocycles. The van der Waals surface area contributed by atoms with Crippen LogP contribution in [-0.2, 0) is 6.42 Å². The molecule has 2 rings (SSSR count). The first-order valence-electron chi connectivity index (χ1n) is 5.61. The number of thiophene rings is 1. The van der Waals surface area contributed by atoms with E-state index < -0.39 is 0 Å². The van der Waals surface area contributed by atoms with Crippen molar-refractivity contribution in [3.8, 4) is 0 Å². The van der Waals surface area contributed by atoms with Gasteiger partial charge in [-0.15, -0.1) is 11.3 Å². The highest BCUT2D eigenvalue weighted by Crippen LogP contribution is 2.25. The second-order valence-electron chi connectivity index (χ2n) is 4.19. The van der Waals surface area contributed by atoms with Gasteiger partial charge in [0.2, 0.25) is 0 Å². The minimum Gasteiger partial charge on any atom is -0.349 e. The Labute approximate surface area is 94.7 Å². The predicted molar refractivity (Wildman–Crippen MR) is 63.5 cm³/mol. The molecule has 0 atom stereocenters. The van der Waals surface area contributed by atoms with Gasteiger partial charge in [-0.1, -0.05) is 13.3 Å². The molecule has 1 amide bonds. The Kier molecular flexibility index (Phi) is 3.10. The van der Waals surface area contributed by atoms with Crippen molar-refractivity contribution in [3.63, 3.8) is 0 Å². The van der Waals surface area contributed by atoms with E-state index in [2.05, 4.69) is 25.2 Å². The van der Waals surface area contributed by atoms with E-state index in [9.17, 15) is 4.79 Å². The summed E-state index contributed by atoms with van der Waals surface area (Å²) in [6.45, 7) is 4.27. The van der Waals surface area contributed by atoms with Crippen LogP contribution in [-0.4, -0.2) is 11.9 Å². The molecule has 1 fully saturated rings. The van der Waals surface area contributed by atoms with Gasteiger partial charge >= 0.3 is 0 Å². The summed E-state index contributed by atoms with van der Waals surface area (Å²) in [5, 5.41) is 3.02. The van der Waals surface area contributed by atoms with E-state index in [4.69, 9.17) is 0 Å². The number of aryl methyl sites for hydroxylation is 2. The third kappa shape index (κ3) is 2.59. The molecule has 1 aliphatic rings. The van der Waals surface area contributed by atoms with E-state index in [1.54, 1.807) is 11.3 Å². The second kappa shape index (κ2) is 4.35. The summed E-state index contributed by atoms with van der Waals surface area (Å²) in [7, 11) is 0. The standard InChI is InChI=1S/C12H17NOS/c1-3-4-9-7-11(15-8(9)2)12(14)13-10-5-6-10/h7,10H,3-6H2,1-2H3,(H,13,14). The van der Waals surface area contributed by atoms with Gasteiger partial charge < -0.3 is 5.32 Å². The summed E-state index contributed by atoms with van der Waals surface area (Å²) < 4.78 is 0. The summed E-state index contributed by atoms with van der Waals surface area (Å²) in [4.78, 5) is 13.9. The predicted octanol–water partition coefficient (Wildman–Crippen LogP) is 2.90. The molecule has 1 aromatic rings. The highest BCUT2D eigenvalue weighted by Gasteiger charge is 2.24. The van der Waals surface area contributed by atoms with Gasteiger partial charge in [-0.3, -0.25) is 4.79 Å². The normalized spacial score (nSPS) is 15.3. The highest BCUT2D eigenvalue weighted by molar-refractivity contribution is 7.14. The van der Waals surface area contributed by atoms with Crippen LogP contribution in [0.4, 0.5) is 0 Å². The molecule has 3 heteroatoms. The fraction of sp³-hybridized carbons (Fsp3) is 0.583. The van der Waals surface area contributed by atoms with Crippen molar-refractivity contribution in [1.82, 2.24) is 5.32 Å². The van der Waals surface area contributed by atoms with Crippen molar-refractivity contribution in [2.24, 2.45) is 0 Å². The zero-order valence-electron chi connectivity index (χ0n) is 9.30. The second-order valence-corrected chi connectivity index (χ2v) is 5.45. The number of nitrogens with one attached hydrogen (secondary N) is 1.